The molecule has 6 nitrogen and oxygen atoms in total. The lowest BCUT2D eigenvalue weighted by atomic mass is 9.60. The lowest BCUT2D eigenvalue weighted by molar-refractivity contribution is -1.03. The Morgan fingerprint density at radius 3 is 2.77 bits per heavy atom. The second-order valence-corrected chi connectivity index (χ2v) is 10.3. The summed E-state index contributed by atoms with van der Waals surface area (Å²) in [5.41, 5.74) is 2.17. The first-order valence-corrected chi connectivity index (χ1v) is 11.6. The second-order valence-electron chi connectivity index (χ2n) is 10.3. The molecule has 162 valence electrons. The molecular formula is C24H33N2O4+. The van der Waals surface area contributed by atoms with E-state index in [2.05, 4.69) is 43.1 Å². The number of piperidine rings is 4. The number of esters is 1. The van der Waals surface area contributed by atoms with Gasteiger partial charge in [-0.05, 0) is 30.9 Å². The number of benzene rings is 1. The first kappa shape index (κ1) is 19.1. The highest BCUT2D eigenvalue weighted by Crippen LogP contribution is 2.71. The van der Waals surface area contributed by atoms with E-state index < -0.39 is 12.3 Å². The lowest BCUT2D eigenvalue weighted by Crippen LogP contribution is -2.83. The van der Waals surface area contributed by atoms with E-state index >= 15 is 0 Å². The molecule has 1 unspecified atom stereocenters. The Kier molecular flexibility index (Phi) is 3.81. The SMILES string of the molecule is CCOC(=O)C[N+]12[C@H](O)[C@@H](CC)[C@@H]3C[C@@H]1[C@@H]1N(C)c4ccccc4[C@@]14C[C@H]2[C@@H]3[C@@H]4O. The molecule has 6 aliphatic rings. The van der Waals surface area contributed by atoms with Crippen LogP contribution in [0.25, 0.3) is 0 Å². The summed E-state index contributed by atoms with van der Waals surface area (Å²) in [4.78, 5) is 15.2. The molecule has 5 bridgehead atoms. The normalized spacial score (nSPS) is 49.3. The molecule has 30 heavy (non-hydrogen) atoms. The Balaban J connectivity index is 1.57. The van der Waals surface area contributed by atoms with E-state index in [1.54, 1.807) is 0 Å². The number of likely N-dealkylation sites (N-methyl/N-ethyl adjacent to an activating group) is 1. The van der Waals surface area contributed by atoms with Crippen LogP contribution >= 0.6 is 0 Å². The minimum absolute atomic E-state index is 0.0954. The van der Waals surface area contributed by atoms with E-state index in [0.717, 1.165) is 19.3 Å². The van der Waals surface area contributed by atoms with Gasteiger partial charge >= 0.3 is 5.97 Å². The lowest BCUT2D eigenvalue weighted by Gasteiger charge is -2.67. The number of nitrogens with zero attached hydrogens (tertiary/aromatic N) is 2. The third-order valence-electron chi connectivity index (χ3n) is 9.83. The molecule has 1 spiro atoms. The van der Waals surface area contributed by atoms with Crippen LogP contribution in [0.4, 0.5) is 5.69 Å². The minimum atomic E-state index is -0.565. The molecule has 7 rings (SSSR count). The van der Waals surface area contributed by atoms with Crippen LogP contribution in [-0.2, 0) is 14.9 Å². The molecule has 5 aliphatic heterocycles. The Hall–Kier alpha value is -1.63. The van der Waals surface area contributed by atoms with Gasteiger partial charge in [0.05, 0.1) is 30.2 Å². The van der Waals surface area contributed by atoms with Crippen LogP contribution in [0.3, 0.4) is 0 Å². The van der Waals surface area contributed by atoms with Crippen molar-refractivity contribution in [1.29, 1.82) is 0 Å². The van der Waals surface area contributed by atoms with Crippen molar-refractivity contribution < 1.29 is 24.2 Å². The van der Waals surface area contributed by atoms with Gasteiger partial charge in [-0.2, -0.15) is 0 Å². The largest absolute Gasteiger partial charge is 0.462 e. The highest BCUT2D eigenvalue weighted by molar-refractivity contribution is 5.71. The first-order chi connectivity index (χ1) is 14.4. The van der Waals surface area contributed by atoms with Crippen LogP contribution in [0, 0.1) is 17.8 Å². The van der Waals surface area contributed by atoms with Crippen molar-refractivity contribution in [2.45, 2.75) is 69.0 Å². The number of ether oxygens (including phenoxy) is 1. The van der Waals surface area contributed by atoms with E-state index in [9.17, 15) is 15.0 Å². The maximum absolute atomic E-state index is 12.8. The first-order valence-electron chi connectivity index (χ1n) is 11.6. The van der Waals surface area contributed by atoms with Crippen LogP contribution in [-0.4, -0.2) is 71.3 Å². The van der Waals surface area contributed by atoms with E-state index in [-0.39, 0.29) is 47.9 Å². The summed E-state index contributed by atoms with van der Waals surface area (Å²) < 4.78 is 5.81. The molecule has 1 aliphatic carbocycles. The molecule has 10 atom stereocenters. The van der Waals surface area contributed by atoms with Gasteiger partial charge in [-0.25, -0.2) is 4.79 Å². The van der Waals surface area contributed by atoms with Crippen molar-refractivity contribution in [2.24, 2.45) is 17.8 Å². The molecule has 5 heterocycles. The highest BCUT2D eigenvalue weighted by atomic mass is 16.5. The Labute approximate surface area is 178 Å². The Morgan fingerprint density at radius 1 is 1.27 bits per heavy atom. The Morgan fingerprint density at radius 2 is 2.03 bits per heavy atom. The zero-order valence-corrected chi connectivity index (χ0v) is 18.1. The zero-order valence-electron chi connectivity index (χ0n) is 18.1. The molecule has 1 aromatic carbocycles. The number of fused-ring (bicyclic) bond motifs is 2. The third kappa shape index (κ3) is 1.83. The number of quaternary nitrogens is 1. The van der Waals surface area contributed by atoms with E-state index in [1.165, 1.54) is 11.3 Å². The number of rotatable bonds is 4. The molecule has 4 saturated heterocycles. The third-order valence-corrected chi connectivity index (χ3v) is 9.83. The number of hydrogen-bond acceptors (Lipinski definition) is 5. The van der Waals surface area contributed by atoms with Gasteiger partial charge in [0.2, 0.25) is 0 Å². The Bertz CT molecular complexity index is 907. The number of aliphatic hydroxyl groups is 2. The standard InChI is InChI=1S/C24H33N2O4/c1-4-13-14-10-17-21-24(15-8-6-7-9-16(15)25(21)3)11-18(20(14)22(24)28)26(17,23(13)29)12-19(27)30-5-2/h6-9,13-14,17-18,20-23,28-29H,4-5,10-12H2,1-3H3/q+1/t13-,14-,17+,18-,20+,21-,22-,23+,24-,26?/m0/s1. The number of carbonyl (C=O) groups excluding carboxylic acids is 1. The average molecular weight is 414 g/mol. The molecular weight excluding hydrogens is 380 g/mol. The van der Waals surface area contributed by atoms with Crippen LogP contribution in [0.1, 0.15) is 38.7 Å². The number of hydrogen-bond donors (Lipinski definition) is 2. The number of aliphatic hydroxyl groups excluding tert-OH is 2. The summed E-state index contributed by atoms with van der Waals surface area (Å²) in [6.07, 6.45) is 1.69. The fraction of sp³-hybridized carbons (Fsp3) is 0.708. The highest BCUT2D eigenvalue weighted by Gasteiger charge is 2.83. The molecule has 5 fully saturated rings. The average Bonchev–Trinajstić information content (AvgIpc) is 3.11. The maximum atomic E-state index is 12.8. The van der Waals surface area contributed by atoms with Crippen molar-refractivity contribution in [3.8, 4) is 0 Å². The predicted octanol–water partition coefficient (Wildman–Crippen LogP) is 1.63. The van der Waals surface area contributed by atoms with Crippen molar-refractivity contribution in [1.82, 2.24) is 0 Å². The summed E-state index contributed by atoms with van der Waals surface area (Å²) in [7, 11) is 2.14. The number of carbonyl (C=O) groups is 1. The molecule has 1 saturated carbocycles. The number of anilines is 1. The zero-order chi connectivity index (χ0) is 21.0. The van der Waals surface area contributed by atoms with Crippen LogP contribution in [0.5, 0.6) is 0 Å². The second kappa shape index (κ2) is 5.99. The predicted molar refractivity (Wildman–Crippen MR) is 112 cm³/mol. The minimum Gasteiger partial charge on any atom is -0.462 e. The van der Waals surface area contributed by atoms with Crippen molar-refractivity contribution >= 4 is 11.7 Å². The van der Waals surface area contributed by atoms with Gasteiger partial charge in [0, 0.05) is 37.4 Å². The molecule has 0 aromatic heterocycles. The molecule has 6 heteroatoms. The number of para-hydroxylation sites is 1. The van der Waals surface area contributed by atoms with E-state index in [4.69, 9.17) is 4.74 Å². The summed E-state index contributed by atoms with van der Waals surface area (Å²) in [6, 6.07) is 8.84. The van der Waals surface area contributed by atoms with Gasteiger partial charge in [0.1, 0.15) is 6.04 Å². The van der Waals surface area contributed by atoms with Gasteiger partial charge in [-0.3, -0.25) is 4.48 Å². The van der Waals surface area contributed by atoms with Crippen molar-refractivity contribution in [2.75, 3.05) is 25.1 Å². The smallest absolute Gasteiger partial charge is 0.361 e. The fourth-order valence-corrected chi connectivity index (χ4v) is 9.13. The van der Waals surface area contributed by atoms with Crippen molar-refractivity contribution in [3.63, 3.8) is 0 Å². The molecule has 0 radical (unpaired) electrons. The quantitative estimate of drug-likeness (QED) is 0.580. The topological polar surface area (TPSA) is 70.0 Å². The van der Waals surface area contributed by atoms with Gasteiger partial charge in [0.25, 0.3) is 0 Å². The summed E-state index contributed by atoms with van der Waals surface area (Å²) in [5, 5.41) is 23.7. The van der Waals surface area contributed by atoms with Crippen LogP contribution in [0.15, 0.2) is 24.3 Å². The van der Waals surface area contributed by atoms with E-state index in [0.29, 0.717) is 17.0 Å². The van der Waals surface area contributed by atoms with Gasteiger partial charge in [-0.1, -0.05) is 25.1 Å². The molecule has 2 N–H and O–H groups in total. The van der Waals surface area contributed by atoms with Crippen molar-refractivity contribution in [3.05, 3.63) is 29.8 Å². The monoisotopic (exact) mass is 413 g/mol. The summed E-state index contributed by atoms with van der Waals surface area (Å²) >= 11 is 0. The summed E-state index contributed by atoms with van der Waals surface area (Å²) in [6.45, 7) is 4.55. The van der Waals surface area contributed by atoms with Gasteiger partial charge < -0.3 is 19.8 Å². The molecule has 1 aromatic rings. The van der Waals surface area contributed by atoms with Gasteiger partial charge in [-0.15, -0.1) is 0 Å². The van der Waals surface area contributed by atoms with Crippen LogP contribution < -0.4 is 4.90 Å². The van der Waals surface area contributed by atoms with E-state index in [1.807, 2.05) is 6.92 Å². The van der Waals surface area contributed by atoms with Crippen LogP contribution in [0.2, 0.25) is 0 Å². The fourth-order valence-electron chi connectivity index (χ4n) is 9.13. The summed E-state index contributed by atoms with van der Waals surface area (Å²) in [5.74, 6) is 0.361. The molecule has 0 amide bonds. The van der Waals surface area contributed by atoms with Gasteiger partial charge in [0.15, 0.2) is 12.8 Å². The maximum Gasteiger partial charge on any atom is 0.361 e.